The number of hydrogen-bond donors (Lipinski definition) is 1. The minimum atomic E-state index is -3.66. The van der Waals surface area contributed by atoms with E-state index in [9.17, 15) is 22.0 Å². The minimum absolute atomic E-state index is 0.0215. The van der Waals surface area contributed by atoms with Crippen LogP contribution >= 0.6 is 0 Å². The van der Waals surface area contributed by atoms with E-state index in [1.165, 1.54) is 46.8 Å². The van der Waals surface area contributed by atoms with Crippen molar-refractivity contribution in [3.8, 4) is 5.75 Å². The van der Waals surface area contributed by atoms with Gasteiger partial charge in [0.1, 0.15) is 5.75 Å². The molecule has 0 saturated carbocycles. The van der Waals surface area contributed by atoms with Crippen molar-refractivity contribution in [3.63, 3.8) is 0 Å². The highest BCUT2D eigenvalue weighted by Gasteiger charge is 2.23. The van der Waals surface area contributed by atoms with E-state index in [1.807, 2.05) is 0 Å². The van der Waals surface area contributed by atoms with E-state index >= 15 is 0 Å². The van der Waals surface area contributed by atoms with Gasteiger partial charge in [0, 0.05) is 24.9 Å². The standard InChI is InChI=1S/C21H24F2N2O4S/c1-4-25(5-2)30(27,28)19-14-17(10-6-15(19)3)24-20(26)13-9-16-7-11-18(12-8-16)29-21(22)23/h6-14,21H,4-5H2,1-3H3,(H,24,26)/b13-9+. The fourth-order valence-electron chi connectivity index (χ4n) is 2.77. The molecule has 0 atom stereocenters. The van der Waals surface area contributed by atoms with E-state index in [0.717, 1.165) is 0 Å². The van der Waals surface area contributed by atoms with Crippen LogP contribution < -0.4 is 10.1 Å². The Bertz CT molecular complexity index is 1000. The number of alkyl halides is 2. The number of anilines is 1. The molecule has 9 heteroatoms. The van der Waals surface area contributed by atoms with Crippen LogP contribution in [0.15, 0.2) is 53.4 Å². The van der Waals surface area contributed by atoms with Crippen molar-refractivity contribution in [1.82, 2.24) is 4.31 Å². The molecule has 0 fully saturated rings. The van der Waals surface area contributed by atoms with Crippen LogP contribution in [0.3, 0.4) is 0 Å². The number of halogens is 2. The number of sulfonamides is 1. The summed E-state index contributed by atoms with van der Waals surface area (Å²) in [5, 5.41) is 2.63. The van der Waals surface area contributed by atoms with Crippen LogP contribution in [-0.4, -0.2) is 38.3 Å². The summed E-state index contributed by atoms with van der Waals surface area (Å²) in [6.45, 7) is 3.01. The monoisotopic (exact) mass is 438 g/mol. The van der Waals surface area contributed by atoms with E-state index in [0.29, 0.717) is 29.9 Å². The van der Waals surface area contributed by atoms with Crippen LogP contribution in [0.2, 0.25) is 0 Å². The van der Waals surface area contributed by atoms with Crippen molar-refractivity contribution in [3.05, 3.63) is 59.7 Å². The number of carbonyl (C=O) groups is 1. The van der Waals surface area contributed by atoms with Crippen molar-refractivity contribution in [2.45, 2.75) is 32.3 Å². The minimum Gasteiger partial charge on any atom is -0.435 e. The topological polar surface area (TPSA) is 75.7 Å². The molecule has 30 heavy (non-hydrogen) atoms. The van der Waals surface area contributed by atoms with Gasteiger partial charge in [-0.05, 0) is 48.4 Å². The molecular formula is C21H24F2N2O4S. The van der Waals surface area contributed by atoms with Crippen LogP contribution in [0, 0.1) is 6.92 Å². The first-order valence-electron chi connectivity index (χ1n) is 9.32. The molecule has 2 rings (SSSR count). The highest BCUT2D eigenvalue weighted by Crippen LogP contribution is 2.24. The van der Waals surface area contributed by atoms with E-state index in [1.54, 1.807) is 32.9 Å². The van der Waals surface area contributed by atoms with E-state index in [2.05, 4.69) is 10.1 Å². The molecule has 162 valence electrons. The molecule has 1 N–H and O–H groups in total. The Morgan fingerprint density at radius 2 is 1.77 bits per heavy atom. The Kier molecular flexibility index (Phi) is 8.08. The zero-order valence-corrected chi connectivity index (χ0v) is 17.7. The maximum atomic E-state index is 12.8. The predicted octanol–water partition coefficient (Wildman–Crippen LogP) is 4.28. The molecule has 0 unspecified atom stereocenters. The van der Waals surface area contributed by atoms with Crippen LogP contribution in [-0.2, 0) is 14.8 Å². The Morgan fingerprint density at radius 1 is 1.13 bits per heavy atom. The van der Waals surface area contributed by atoms with Gasteiger partial charge in [-0.2, -0.15) is 13.1 Å². The van der Waals surface area contributed by atoms with Gasteiger partial charge in [-0.3, -0.25) is 4.79 Å². The van der Waals surface area contributed by atoms with Gasteiger partial charge < -0.3 is 10.1 Å². The summed E-state index contributed by atoms with van der Waals surface area (Å²) in [4.78, 5) is 12.3. The van der Waals surface area contributed by atoms with Gasteiger partial charge in [-0.15, -0.1) is 0 Å². The SMILES string of the molecule is CCN(CC)S(=O)(=O)c1cc(NC(=O)/C=C/c2ccc(OC(F)F)cc2)ccc1C. The molecule has 6 nitrogen and oxygen atoms in total. The van der Waals surface area contributed by atoms with Crippen molar-refractivity contribution in [2.24, 2.45) is 0 Å². The summed E-state index contributed by atoms with van der Waals surface area (Å²) in [6.07, 6.45) is 2.77. The van der Waals surface area contributed by atoms with Crippen molar-refractivity contribution in [2.75, 3.05) is 18.4 Å². The van der Waals surface area contributed by atoms with Gasteiger partial charge in [0.05, 0.1) is 4.90 Å². The summed E-state index contributed by atoms with van der Waals surface area (Å²) in [5.41, 5.74) is 1.55. The molecule has 0 radical (unpaired) electrons. The lowest BCUT2D eigenvalue weighted by Gasteiger charge is -2.20. The Morgan fingerprint density at radius 3 is 2.33 bits per heavy atom. The summed E-state index contributed by atoms with van der Waals surface area (Å²) in [5.74, 6) is -0.439. The number of aryl methyl sites for hydroxylation is 1. The van der Waals surface area contributed by atoms with Crippen LogP contribution in [0.5, 0.6) is 5.75 Å². The Balaban J connectivity index is 2.13. The second kappa shape index (κ2) is 10.3. The molecule has 0 aliphatic carbocycles. The molecule has 0 aromatic heterocycles. The van der Waals surface area contributed by atoms with E-state index in [-0.39, 0.29) is 10.6 Å². The number of nitrogens with one attached hydrogen (secondary N) is 1. The van der Waals surface area contributed by atoms with Gasteiger partial charge in [-0.1, -0.05) is 32.0 Å². The maximum Gasteiger partial charge on any atom is 0.387 e. The quantitative estimate of drug-likeness (QED) is 0.593. The zero-order chi connectivity index (χ0) is 22.3. The Hall–Kier alpha value is -2.78. The number of carbonyl (C=O) groups excluding carboxylic acids is 1. The maximum absolute atomic E-state index is 12.8. The van der Waals surface area contributed by atoms with Gasteiger partial charge in [0.2, 0.25) is 15.9 Å². The second-order valence-electron chi connectivity index (χ2n) is 6.34. The van der Waals surface area contributed by atoms with E-state index in [4.69, 9.17) is 0 Å². The van der Waals surface area contributed by atoms with E-state index < -0.39 is 22.5 Å². The molecule has 0 saturated heterocycles. The molecule has 0 aliphatic rings. The van der Waals surface area contributed by atoms with Crippen molar-refractivity contribution >= 4 is 27.7 Å². The first-order valence-corrected chi connectivity index (χ1v) is 10.8. The molecule has 1 amide bonds. The largest absolute Gasteiger partial charge is 0.435 e. The number of ether oxygens (including phenoxy) is 1. The lowest BCUT2D eigenvalue weighted by molar-refractivity contribution is -0.111. The molecule has 2 aromatic carbocycles. The van der Waals surface area contributed by atoms with Crippen molar-refractivity contribution < 1.29 is 26.7 Å². The number of hydrogen-bond acceptors (Lipinski definition) is 4. The second-order valence-corrected chi connectivity index (χ2v) is 8.25. The summed E-state index contributed by atoms with van der Waals surface area (Å²) >= 11 is 0. The van der Waals surface area contributed by atoms with Crippen LogP contribution in [0.25, 0.3) is 6.08 Å². The summed E-state index contributed by atoms with van der Waals surface area (Å²) < 4.78 is 55.5. The third-order valence-corrected chi connectivity index (χ3v) is 6.50. The third kappa shape index (κ3) is 6.11. The highest BCUT2D eigenvalue weighted by atomic mass is 32.2. The van der Waals surface area contributed by atoms with Crippen LogP contribution in [0.1, 0.15) is 25.0 Å². The van der Waals surface area contributed by atoms with Gasteiger partial charge in [0.25, 0.3) is 0 Å². The molecule has 0 heterocycles. The van der Waals surface area contributed by atoms with Crippen molar-refractivity contribution in [1.29, 1.82) is 0 Å². The van der Waals surface area contributed by atoms with Crippen LogP contribution in [0.4, 0.5) is 14.5 Å². The molecule has 0 spiro atoms. The van der Waals surface area contributed by atoms with Gasteiger partial charge in [-0.25, -0.2) is 8.42 Å². The number of nitrogens with zero attached hydrogens (tertiary/aromatic N) is 1. The fourth-order valence-corrected chi connectivity index (χ4v) is 4.48. The van der Waals surface area contributed by atoms with Gasteiger partial charge in [0.15, 0.2) is 0 Å². The lowest BCUT2D eigenvalue weighted by Crippen LogP contribution is -2.31. The smallest absolute Gasteiger partial charge is 0.387 e. The Labute approximate surface area is 175 Å². The highest BCUT2D eigenvalue weighted by molar-refractivity contribution is 7.89. The third-order valence-electron chi connectivity index (χ3n) is 4.31. The summed E-state index contributed by atoms with van der Waals surface area (Å²) in [7, 11) is -3.66. The normalized spacial score (nSPS) is 12.0. The lowest BCUT2D eigenvalue weighted by atomic mass is 10.2. The zero-order valence-electron chi connectivity index (χ0n) is 16.9. The average Bonchev–Trinajstić information content (AvgIpc) is 2.69. The van der Waals surface area contributed by atoms with Gasteiger partial charge >= 0.3 is 6.61 Å². The number of rotatable bonds is 9. The molecule has 0 aliphatic heterocycles. The first-order chi connectivity index (χ1) is 14.2. The molecular weight excluding hydrogens is 414 g/mol. The summed E-state index contributed by atoms with van der Waals surface area (Å²) in [6, 6.07) is 10.5. The average molecular weight is 438 g/mol. The predicted molar refractivity (Wildman–Crippen MR) is 112 cm³/mol. The number of amides is 1. The molecule has 2 aromatic rings. The molecule has 0 bridgehead atoms. The first kappa shape index (κ1) is 23.5. The number of benzene rings is 2. The fraction of sp³-hybridized carbons (Fsp3) is 0.286.